The first-order valence-electron chi connectivity index (χ1n) is 5.56. The van der Waals surface area contributed by atoms with Crippen molar-refractivity contribution < 1.29 is 8.42 Å². The molecule has 0 atom stereocenters. The van der Waals surface area contributed by atoms with Crippen molar-refractivity contribution >= 4 is 37.3 Å². The van der Waals surface area contributed by atoms with Crippen LogP contribution in [-0.2, 0) is 10.0 Å². The van der Waals surface area contributed by atoms with Crippen LogP contribution in [0.2, 0.25) is 0 Å². The number of halogens is 1. The summed E-state index contributed by atoms with van der Waals surface area (Å²) < 4.78 is 27.5. The summed E-state index contributed by atoms with van der Waals surface area (Å²) in [6.45, 7) is 0. The van der Waals surface area contributed by atoms with Crippen molar-refractivity contribution in [2.45, 2.75) is 30.9 Å². The van der Waals surface area contributed by atoms with E-state index in [-0.39, 0.29) is 5.25 Å². The number of hydrogen-bond donors (Lipinski definition) is 2. The summed E-state index contributed by atoms with van der Waals surface area (Å²) in [5, 5.41) is -0.273. The smallest absolute Gasteiger partial charge is 0.235 e. The molecule has 0 spiro atoms. The van der Waals surface area contributed by atoms with Gasteiger partial charge in [-0.2, -0.15) is 0 Å². The van der Waals surface area contributed by atoms with Crippen LogP contribution in [-0.4, -0.2) is 13.7 Å². The van der Waals surface area contributed by atoms with Gasteiger partial charge >= 0.3 is 0 Å². The van der Waals surface area contributed by atoms with Crippen molar-refractivity contribution in [3.8, 4) is 0 Å². The van der Waals surface area contributed by atoms with E-state index in [1.54, 1.807) is 18.2 Å². The maximum Gasteiger partial charge on any atom is 0.235 e. The van der Waals surface area contributed by atoms with Crippen LogP contribution in [0, 0.1) is 0 Å². The predicted octanol–water partition coefficient (Wildman–Crippen LogP) is 2.72. The molecule has 2 rings (SSSR count). The highest BCUT2D eigenvalue weighted by Crippen LogP contribution is 2.29. The van der Waals surface area contributed by atoms with Crippen molar-refractivity contribution in [1.82, 2.24) is 0 Å². The molecule has 0 radical (unpaired) electrons. The fourth-order valence-corrected chi connectivity index (χ4v) is 4.05. The molecular formula is C11H15BrN2O2S. The van der Waals surface area contributed by atoms with Gasteiger partial charge in [-0.05, 0) is 31.0 Å². The molecule has 0 aliphatic heterocycles. The average molecular weight is 319 g/mol. The first-order valence-corrected chi connectivity index (χ1v) is 7.89. The minimum Gasteiger partial charge on any atom is -0.397 e. The molecule has 0 aromatic heterocycles. The number of anilines is 2. The van der Waals surface area contributed by atoms with E-state index >= 15 is 0 Å². The SMILES string of the molecule is Nc1cc(Br)ccc1NS(=O)(=O)C1CCCC1. The molecule has 1 aliphatic rings. The third-order valence-corrected chi connectivity index (χ3v) is 5.35. The summed E-state index contributed by atoms with van der Waals surface area (Å²) >= 11 is 3.28. The summed E-state index contributed by atoms with van der Waals surface area (Å²) in [5.41, 5.74) is 6.66. The topological polar surface area (TPSA) is 72.2 Å². The molecular weight excluding hydrogens is 304 g/mol. The minimum absolute atomic E-state index is 0.273. The van der Waals surface area contributed by atoms with Crippen LogP contribution in [0.4, 0.5) is 11.4 Å². The summed E-state index contributed by atoms with van der Waals surface area (Å²) in [7, 11) is -3.29. The Morgan fingerprint density at radius 3 is 2.53 bits per heavy atom. The summed E-state index contributed by atoms with van der Waals surface area (Å²) in [4.78, 5) is 0. The van der Waals surface area contributed by atoms with Gasteiger partial charge in [0.1, 0.15) is 0 Å². The van der Waals surface area contributed by atoms with Gasteiger partial charge in [-0.1, -0.05) is 28.8 Å². The van der Waals surface area contributed by atoms with Crippen LogP contribution in [0.3, 0.4) is 0 Å². The van der Waals surface area contributed by atoms with Gasteiger partial charge in [-0.25, -0.2) is 8.42 Å². The van der Waals surface area contributed by atoms with E-state index in [1.807, 2.05) is 0 Å². The van der Waals surface area contributed by atoms with E-state index in [2.05, 4.69) is 20.7 Å². The largest absolute Gasteiger partial charge is 0.397 e. The Kier molecular flexibility index (Phi) is 3.63. The molecule has 3 N–H and O–H groups in total. The van der Waals surface area contributed by atoms with Crippen molar-refractivity contribution in [2.75, 3.05) is 10.5 Å². The zero-order chi connectivity index (χ0) is 12.5. The summed E-state index contributed by atoms with van der Waals surface area (Å²) in [5.74, 6) is 0. The first kappa shape index (κ1) is 12.7. The monoisotopic (exact) mass is 318 g/mol. The van der Waals surface area contributed by atoms with Crippen molar-refractivity contribution in [3.05, 3.63) is 22.7 Å². The predicted molar refractivity (Wildman–Crippen MR) is 73.4 cm³/mol. The number of nitrogens with two attached hydrogens (primary N) is 1. The van der Waals surface area contributed by atoms with Gasteiger partial charge < -0.3 is 5.73 Å². The lowest BCUT2D eigenvalue weighted by atomic mass is 10.3. The van der Waals surface area contributed by atoms with Crippen molar-refractivity contribution in [3.63, 3.8) is 0 Å². The van der Waals surface area contributed by atoms with Gasteiger partial charge in [0.2, 0.25) is 10.0 Å². The lowest BCUT2D eigenvalue weighted by Gasteiger charge is -2.14. The average Bonchev–Trinajstić information content (AvgIpc) is 2.76. The molecule has 1 aromatic rings. The van der Waals surface area contributed by atoms with E-state index in [0.29, 0.717) is 11.4 Å². The third kappa shape index (κ3) is 2.93. The maximum atomic E-state index is 12.1. The molecule has 1 aliphatic carbocycles. The number of nitrogens with one attached hydrogen (secondary N) is 1. The van der Waals surface area contributed by atoms with E-state index in [9.17, 15) is 8.42 Å². The van der Waals surface area contributed by atoms with Gasteiger partial charge in [0, 0.05) is 4.47 Å². The number of hydrogen-bond acceptors (Lipinski definition) is 3. The molecule has 6 heteroatoms. The number of sulfonamides is 1. The second-order valence-electron chi connectivity index (χ2n) is 4.29. The Labute approximate surface area is 110 Å². The lowest BCUT2D eigenvalue weighted by molar-refractivity contribution is 0.585. The van der Waals surface area contributed by atoms with Gasteiger partial charge in [0.15, 0.2) is 0 Å². The quantitative estimate of drug-likeness (QED) is 0.842. The molecule has 1 fully saturated rings. The highest BCUT2D eigenvalue weighted by Gasteiger charge is 2.28. The Morgan fingerprint density at radius 2 is 1.94 bits per heavy atom. The van der Waals surface area contributed by atoms with Crippen LogP contribution in [0.5, 0.6) is 0 Å². The van der Waals surface area contributed by atoms with Crippen molar-refractivity contribution in [2.24, 2.45) is 0 Å². The van der Waals surface area contributed by atoms with Crippen LogP contribution < -0.4 is 10.5 Å². The fraction of sp³-hybridized carbons (Fsp3) is 0.455. The second kappa shape index (κ2) is 4.86. The maximum absolute atomic E-state index is 12.1. The molecule has 1 saturated carbocycles. The van der Waals surface area contributed by atoms with Gasteiger partial charge in [0.25, 0.3) is 0 Å². The Balaban J connectivity index is 2.19. The standard InChI is InChI=1S/C11H15BrN2O2S/c12-8-5-6-11(10(13)7-8)14-17(15,16)9-3-1-2-4-9/h5-7,9,14H,1-4,13H2. The van der Waals surface area contributed by atoms with Crippen LogP contribution in [0.15, 0.2) is 22.7 Å². The Hall–Kier alpha value is -0.750. The van der Waals surface area contributed by atoms with E-state index in [4.69, 9.17) is 5.73 Å². The van der Waals surface area contributed by atoms with E-state index in [0.717, 1.165) is 30.2 Å². The molecule has 0 unspecified atom stereocenters. The first-order chi connectivity index (χ1) is 7.99. The van der Waals surface area contributed by atoms with Gasteiger partial charge in [0.05, 0.1) is 16.6 Å². The van der Waals surface area contributed by atoms with Crippen LogP contribution in [0.25, 0.3) is 0 Å². The Morgan fingerprint density at radius 1 is 1.29 bits per heavy atom. The third-order valence-electron chi connectivity index (χ3n) is 3.01. The van der Waals surface area contributed by atoms with Gasteiger partial charge in [-0.15, -0.1) is 0 Å². The Bertz CT molecular complexity index is 510. The van der Waals surface area contributed by atoms with Gasteiger partial charge in [-0.3, -0.25) is 4.72 Å². The molecule has 17 heavy (non-hydrogen) atoms. The molecule has 0 bridgehead atoms. The molecule has 0 saturated heterocycles. The summed E-state index contributed by atoms with van der Waals surface area (Å²) in [6, 6.07) is 5.13. The molecule has 0 amide bonds. The number of rotatable bonds is 3. The number of benzene rings is 1. The van der Waals surface area contributed by atoms with Crippen LogP contribution in [0.1, 0.15) is 25.7 Å². The van der Waals surface area contributed by atoms with Crippen molar-refractivity contribution in [1.29, 1.82) is 0 Å². The minimum atomic E-state index is -3.29. The molecule has 4 nitrogen and oxygen atoms in total. The highest BCUT2D eigenvalue weighted by atomic mass is 79.9. The molecule has 0 heterocycles. The molecule has 1 aromatic carbocycles. The highest BCUT2D eigenvalue weighted by molar-refractivity contribution is 9.10. The normalized spacial score (nSPS) is 17.2. The van der Waals surface area contributed by atoms with Crippen LogP contribution >= 0.6 is 15.9 Å². The second-order valence-corrected chi connectivity index (χ2v) is 7.16. The molecule has 94 valence electrons. The fourth-order valence-electron chi connectivity index (χ4n) is 2.06. The van der Waals surface area contributed by atoms with E-state index < -0.39 is 10.0 Å². The number of nitrogen functional groups attached to an aromatic ring is 1. The lowest BCUT2D eigenvalue weighted by Crippen LogP contribution is -2.25. The zero-order valence-corrected chi connectivity index (χ0v) is 11.7. The zero-order valence-electron chi connectivity index (χ0n) is 9.32. The summed E-state index contributed by atoms with van der Waals surface area (Å²) in [6.07, 6.45) is 3.46. The van der Waals surface area contributed by atoms with E-state index in [1.165, 1.54) is 0 Å².